The summed E-state index contributed by atoms with van der Waals surface area (Å²) in [7, 11) is 0. The SMILES string of the molecule is Cc1ccc(Cc2nsc(N3CCN(C(=O)c4cccc(Br)c4)C(C)C3)n2)cc1. The fourth-order valence-electron chi connectivity index (χ4n) is 3.55. The van der Waals surface area contributed by atoms with E-state index in [4.69, 9.17) is 4.98 Å². The summed E-state index contributed by atoms with van der Waals surface area (Å²) in [6, 6.07) is 16.2. The van der Waals surface area contributed by atoms with Crippen molar-refractivity contribution in [3.05, 3.63) is 75.5 Å². The lowest BCUT2D eigenvalue weighted by molar-refractivity contribution is 0.0674. The average molecular weight is 471 g/mol. The van der Waals surface area contributed by atoms with Crippen LogP contribution in [0, 0.1) is 6.92 Å². The maximum atomic E-state index is 12.9. The molecule has 0 aliphatic carbocycles. The van der Waals surface area contributed by atoms with Crippen LogP contribution in [0.15, 0.2) is 53.0 Å². The van der Waals surface area contributed by atoms with Crippen LogP contribution >= 0.6 is 27.5 Å². The van der Waals surface area contributed by atoms with Crippen molar-refractivity contribution in [1.82, 2.24) is 14.3 Å². The van der Waals surface area contributed by atoms with E-state index in [1.54, 1.807) is 0 Å². The van der Waals surface area contributed by atoms with E-state index in [2.05, 4.69) is 63.3 Å². The fraction of sp³-hybridized carbons (Fsp3) is 0.318. The molecule has 0 spiro atoms. The molecule has 1 fully saturated rings. The lowest BCUT2D eigenvalue weighted by Gasteiger charge is -2.39. The Morgan fingerprint density at radius 2 is 2.00 bits per heavy atom. The van der Waals surface area contributed by atoms with Crippen molar-refractivity contribution >= 4 is 38.5 Å². The van der Waals surface area contributed by atoms with Crippen LogP contribution in [0.3, 0.4) is 0 Å². The Bertz CT molecular complexity index is 1000. The maximum Gasteiger partial charge on any atom is 0.254 e. The molecule has 0 radical (unpaired) electrons. The maximum absolute atomic E-state index is 12.9. The first kappa shape index (κ1) is 20.0. The Morgan fingerprint density at radius 3 is 2.72 bits per heavy atom. The van der Waals surface area contributed by atoms with Gasteiger partial charge in [0.15, 0.2) is 0 Å². The summed E-state index contributed by atoms with van der Waals surface area (Å²) in [4.78, 5) is 21.8. The Morgan fingerprint density at radius 1 is 1.21 bits per heavy atom. The number of halogens is 1. The number of carbonyl (C=O) groups excluding carboxylic acids is 1. The van der Waals surface area contributed by atoms with Gasteiger partial charge in [-0.1, -0.05) is 51.8 Å². The molecule has 0 N–H and O–H groups in total. The molecule has 150 valence electrons. The fourth-order valence-corrected chi connectivity index (χ4v) is 4.67. The first-order valence-electron chi connectivity index (χ1n) is 9.69. The van der Waals surface area contributed by atoms with Gasteiger partial charge in [0.1, 0.15) is 5.82 Å². The van der Waals surface area contributed by atoms with Crippen molar-refractivity contribution in [1.29, 1.82) is 0 Å². The van der Waals surface area contributed by atoms with Crippen LogP contribution in [0.5, 0.6) is 0 Å². The molecular weight excluding hydrogens is 448 g/mol. The molecule has 1 saturated heterocycles. The average Bonchev–Trinajstić information content (AvgIpc) is 3.18. The molecule has 0 bridgehead atoms. The van der Waals surface area contributed by atoms with Crippen molar-refractivity contribution in [3.8, 4) is 0 Å². The smallest absolute Gasteiger partial charge is 0.254 e. The Labute approximate surface area is 183 Å². The molecule has 29 heavy (non-hydrogen) atoms. The largest absolute Gasteiger partial charge is 0.343 e. The van der Waals surface area contributed by atoms with E-state index in [1.807, 2.05) is 29.2 Å². The Kier molecular flexibility index (Phi) is 5.96. The van der Waals surface area contributed by atoms with Gasteiger partial charge in [-0.05, 0) is 37.6 Å². The van der Waals surface area contributed by atoms with Crippen molar-refractivity contribution in [3.63, 3.8) is 0 Å². The van der Waals surface area contributed by atoms with Crippen molar-refractivity contribution < 1.29 is 4.79 Å². The predicted octanol–water partition coefficient (Wildman–Crippen LogP) is 4.55. The third-order valence-corrected chi connectivity index (χ3v) is 6.48. The van der Waals surface area contributed by atoms with Gasteiger partial charge in [-0.3, -0.25) is 4.79 Å². The van der Waals surface area contributed by atoms with Crippen LogP contribution in [0.4, 0.5) is 5.13 Å². The molecule has 2 aromatic carbocycles. The van der Waals surface area contributed by atoms with E-state index < -0.39 is 0 Å². The second-order valence-electron chi connectivity index (χ2n) is 7.46. The molecule has 1 aliphatic rings. The third kappa shape index (κ3) is 4.67. The van der Waals surface area contributed by atoms with E-state index in [0.29, 0.717) is 6.54 Å². The number of anilines is 1. The lowest BCUT2D eigenvalue weighted by Crippen LogP contribution is -2.54. The Balaban J connectivity index is 1.40. The van der Waals surface area contributed by atoms with E-state index in [0.717, 1.165) is 40.5 Å². The van der Waals surface area contributed by atoms with Crippen LogP contribution < -0.4 is 4.90 Å². The zero-order valence-corrected chi connectivity index (χ0v) is 18.9. The molecule has 5 nitrogen and oxygen atoms in total. The van der Waals surface area contributed by atoms with E-state index in [1.165, 1.54) is 22.7 Å². The number of carbonyl (C=O) groups is 1. The first-order valence-corrected chi connectivity index (χ1v) is 11.3. The number of amides is 1. The van der Waals surface area contributed by atoms with E-state index in [-0.39, 0.29) is 11.9 Å². The first-order chi connectivity index (χ1) is 14.0. The molecule has 1 aromatic heterocycles. The minimum Gasteiger partial charge on any atom is -0.343 e. The number of hydrogen-bond acceptors (Lipinski definition) is 5. The van der Waals surface area contributed by atoms with Crippen LogP contribution in [-0.4, -0.2) is 45.8 Å². The molecule has 7 heteroatoms. The number of benzene rings is 2. The summed E-state index contributed by atoms with van der Waals surface area (Å²) in [5.41, 5.74) is 3.19. The van der Waals surface area contributed by atoms with Gasteiger partial charge >= 0.3 is 0 Å². The van der Waals surface area contributed by atoms with Gasteiger partial charge in [0.2, 0.25) is 5.13 Å². The summed E-state index contributed by atoms with van der Waals surface area (Å²) in [6.07, 6.45) is 0.744. The number of aryl methyl sites for hydroxylation is 1. The minimum atomic E-state index is 0.0794. The summed E-state index contributed by atoms with van der Waals surface area (Å²) >= 11 is 4.89. The van der Waals surface area contributed by atoms with E-state index >= 15 is 0 Å². The zero-order valence-electron chi connectivity index (χ0n) is 16.5. The van der Waals surface area contributed by atoms with Crippen molar-refractivity contribution in [2.45, 2.75) is 26.3 Å². The molecule has 3 aromatic rings. The Hall–Kier alpha value is -2.25. The van der Waals surface area contributed by atoms with Crippen LogP contribution in [-0.2, 0) is 6.42 Å². The topological polar surface area (TPSA) is 49.3 Å². The van der Waals surface area contributed by atoms with Crippen LogP contribution in [0.1, 0.15) is 34.2 Å². The highest BCUT2D eigenvalue weighted by Crippen LogP contribution is 2.24. The number of rotatable bonds is 4. The van der Waals surface area contributed by atoms with Crippen molar-refractivity contribution in [2.24, 2.45) is 0 Å². The highest BCUT2D eigenvalue weighted by molar-refractivity contribution is 9.10. The van der Waals surface area contributed by atoms with Gasteiger partial charge in [-0.2, -0.15) is 4.37 Å². The number of hydrogen-bond donors (Lipinski definition) is 0. The molecule has 1 aliphatic heterocycles. The summed E-state index contributed by atoms with van der Waals surface area (Å²) in [5.74, 6) is 0.935. The third-order valence-electron chi connectivity index (χ3n) is 5.17. The second kappa shape index (κ2) is 8.63. The quantitative estimate of drug-likeness (QED) is 0.560. The van der Waals surface area contributed by atoms with Gasteiger partial charge in [-0.25, -0.2) is 4.98 Å². The number of nitrogens with zero attached hydrogens (tertiary/aromatic N) is 4. The van der Waals surface area contributed by atoms with Gasteiger partial charge in [0, 0.05) is 53.7 Å². The van der Waals surface area contributed by atoms with Gasteiger partial charge in [0.25, 0.3) is 5.91 Å². The number of piperazine rings is 1. The highest BCUT2D eigenvalue weighted by Gasteiger charge is 2.29. The zero-order chi connectivity index (χ0) is 20.4. The van der Waals surface area contributed by atoms with Crippen molar-refractivity contribution in [2.75, 3.05) is 24.5 Å². The minimum absolute atomic E-state index is 0.0794. The van der Waals surface area contributed by atoms with Gasteiger partial charge in [0.05, 0.1) is 0 Å². The second-order valence-corrected chi connectivity index (χ2v) is 9.11. The molecular formula is C22H23BrN4OS. The summed E-state index contributed by atoms with van der Waals surface area (Å²) in [6.45, 7) is 6.39. The van der Waals surface area contributed by atoms with Crippen LogP contribution in [0.25, 0.3) is 0 Å². The molecule has 1 atom stereocenters. The predicted molar refractivity (Wildman–Crippen MR) is 121 cm³/mol. The molecule has 0 saturated carbocycles. The lowest BCUT2D eigenvalue weighted by atomic mass is 10.1. The molecule has 1 amide bonds. The molecule has 2 heterocycles. The summed E-state index contributed by atoms with van der Waals surface area (Å²) < 4.78 is 5.47. The highest BCUT2D eigenvalue weighted by atomic mass is 79.9. The van der Waals surface area contributed by atoms with Crippen LogP contribution in [0.2, 0.25) is 0 Å². The molecule has 1 unspecified atom stereocenters. The number of aromatic nitrogens is 2. The normalized spacial score (nSPS) is 16.9. The van der Waals surface area contributed by atoms with Gasteiger partial charge in [-0.15, -0.1) is 0 Å². The summed E-state index contributed by atoms with van der Waals surface area (Å²) in [5, 5.41) is 0.938. The standard InChI is InChI=1S/C22H23BrN4OS/c1-15-6-8-17(9-7-15)12-20-24-22(29-25-20)26-10-11-27(16(2)14-26)21(28)18-4-3-5-19(23)13-18/h3-9,13,16H,10-12,14H2,1-2H3. The van der Waals surface area contributed by atoms with Gasteiger partial charge < -0.3 is 9.80 Å². The van der Waals surface area contributed by atoms with E-state index in [9.17, 15) is 4.79 Å². The molecule has 4 rings (SSSR count). The monoisotopic (exact) mass is 470 g/mol.